The van der Waals surface area contributed by atoms with Gasteiger partial charge in [-0.25, -0.2) is 0 Å². The molecule has 3 fully saturated rings. The summed E-state index contributed by atoms with van der Waals surface area (Å²) in [4.78, 5) is 11.7. The van der Waals surface area contributed by atoms with Gasteiger partial charge in [-0.05, 0) is 80.5 Å². The van der Waals surface area contributed by atoms with Gasteiger partial charge in [-0.15, -0.1) is 0 Å². The molecule has 36 heavy (non-hydrogen) atoms. The summed E-state index contributed by atoms with van der Waals surface area (Å²) in [5, 5.41) is 0. The summed E-state index contributed by atoms with van der Waals surface area (Å²) >= 11 is 0. The lowest BCUT2D eigenvalue weighted by molar-refractivity contribution is -0.253. The third-order valence-corrected chi connectivity index (χ3v) is 11.2. The van der Waals surface area contributed by atoms with E-state index < -0.39 is 5.79 Å². The van der Waals surface area contributed by atoms with Crippen LogP contribution >= 0.6 is 0 Å². The fourth-order valence-corrected chi connectivity index (χ4v) is 9.17. The number of methoxy groups -OCH3 is 3. The van der Waals surface area contributed by atoms with Gasteiger partial charge in [-0.2, -0.15) is 0 Å². The van der Waals surface area contributed by atoms with Gasteiger partial charge in [0.25, 0.3) is 0 Å². The van der Waals surface area contributed by atoms with Gasteiger partial charge in [0.1, 0.15) is 0 Å². The topological polar surface area (TPSA) is 54.0 Å². The zero-order chi connectivity index (χ0) is 26.1. The SMILES string of the molecule is CCOC(=O)CC/C=C/[C@@H](C)[C@H]1CC[C@H]2[C@@H]3CC=C4CC(OC)(OC)C[C@H](OC)[C@]4(C)[C@H]3CC[C@]12C. The van der Waals surface area contributed by atoms with E-state index in [4.69, 9.17) is 18.9 Å². The van der Waals surface area contributed by atoms with E-state index in [9.17, 15) is 4.79 Å². The van der Waals surface area contributed by atoms with Gasteiger partial charge < -0.3 is 18.9 Å². The normalized spacial score (nSPS) is 40.2. The van der Waals surface area contributed by atoms with Crippen LogP contribution in [-0.4, -0.2) is 45.8 Å². The van der Waals surface area contributed by atoms with Gasteiger partial charge in [0, 0.05) is 46.0 Å². The molecule has 4 rings (SSSR count). The molecule has 0 unspecified atom stereocenters. The fourth-order valence-electron chi connectivity index (χ4n) is 9.17. The van der Waals surface area contributed by atoms with Crippen molar-refractivity contribution in [1.82, 2.24) is 0 Å². The third-order valence-electron chi connectivity index (χ3n) is 11.2. The van der Waals surface area contributed by atoms with Crippen LogP contribution in [0.15, 0.2) is 23.8 Å². The number of carbonyl (C=O) groups excluding carboxylic acids is 1. The smallest absolute Gasteiger partial charge is 0.306 e. The Labute approximate surface area is 219 Å². The maximum absolute atomic E-state index is 11.7. The largest absolute Gasteiger partial charge is 0.466 e. The molecule has 3 saturated carbocycles. The van der Waals surface area contributed by atoms with Gasteiger partial charge in [0.05, 0.1) is 12.7 Å². The number of ether oxygens (including phenoxy) is 4. The van der Waals surface area contributed by atoms with Crippen LogP contribution in [0.5, 0.6) is 0 Å². The van der Waals surface area contributed by atoms with Crippen molar-refractivity contribution in [3.05, 3.63) is 23.8 Å². The molecule has 0 saturated heterocycles. The lowest BCUT2D eigenvalue weighted by Gasteiger charge is -2.61. The second kappa shape index (κ2) is 10.9. The van der Waals surface area contributed by atoms with Crippen LogP contribution < -0.4 is 0 Å². The van der Waals surface area contributed by atoms with Crippen LogP contribution in [-0.2, 0) is 23.7 Å². The summed E-state index contributed by atoms with van der Waals surface area (Å²) in [7, 11) is 5.40. The zero-order valence-electron chi connectivity index (χ0n) is 23.8. The van der Waals surface area contributed by atoms with Crippen LogP contribution in [0.2, 0.25) is 0 Å². The van der Waals surface area contributed by atoms with Crippen molar-refractivity contribution in [1.29, 1.82) is 0 Å². The third kappa shape index (κ3) is 4.62. The van der Waals surface area contributed by atoms with Gasteiger partial charge in [-0.1, -0.05) is 44.6 Å². The number of hydrogen-bond donors (Lipinski definition) is 0. The van der Waals surface area contributed by atoms with E-state index in [1.807, 2.05) is 14.0 Å². The Morgan fingerprint density at radius 2 is 1.89 bits per heavy atom. The molecule has 204 valence electrons. The first kappa shape index (κ1) is 27.9. The lowest BCUT2D eigenvalue weighted by Crippen LogP contribution is -2.59. The first-order valence-electron chi connectivity index (χ1n) is 14.3. The Morgan fingerprint density at radius 3 is 2.56 bits per heavy atom. The molecule has 0 aromatic rings. The molecule has 0 bridgehead atoms. The Balaban J connectivity index is 1.50. The fraction of sp³-hybridized carbons (Fsp3) is 0.839. The molecule has 0 amide bonds. The van der Waals surface area contributed by atoms with Crippen molar-refractivity contribution in [2.75, 3.05) is 27.9 Å². The minimum absolute atomic E-state index is 0.0518. The number of allylic oxidation sites excluding steroid dienone is 3. The lowest BCUT2D eigenvalue weighted by atomic mass is 9.46. The highest BCUT2D eigenvalue weighted by atomic mass is 16.7. The summed E-state index contributed by atoms with van der Waals surface area (Å²) in [5.41, 5.74) is 1.92. The Morgan fingerprint density at radius 1 is 1.14 bits per heavy atom. The zero-order valence-corrected chi connectivity index (χ0v) is 23.8. The predicted molar refractivity (Wildman–Crippen MR) is 142 cm³/mol. The van der Waals surface area contributed by atoms with Gasteiger partial charge >= 0.3 is 5.97 Å². The summed E-state index contributed by atoms with van der Waals surface area (Å²) < 4.78 is 23.1. The molecule has 0 aliphatic heterocycles. The van der Waals surface area contributed by atoms with Crippen molar-refractivity contribution >= 4 is 5.97 Å². The van der Waals surface area contributed by atoms with E-state index in [1.54, 1.807) is 14.2 Å². The molecule has 5 heteroatoms. The molecule has 4 aliphatic rings. The molecule has 0 heterocycles. The standard InChI is InChI=1S/C31H50O5/c1-8-36-28(32)12-10-9-11-21(2)24-15-16-25-23-14-13-22-19-31(34-6,35-7)20-27(33-5)30(22,4)26(23)17-18-29(24,25)3/h9,11,13,21,23-27H,8,10,12,14-20H2,1-7H3/b11-9+/t21-,23+,24-,25+,26+,27+,29-,30+/m1/s1. The van der Waals surface area contributed by atoms with Crippen LogP contribution in [0.25, 0.3) is 0 Å². The number of fused-ring (bicyclic) bond motifs is 5. The van der Waals surface area contributed by atoms with Crippen LogP contribution in [0.3, 0.4) is 0 Å². The monoisotopic (exact) mass is 502 g/mol. The van der Waals surface area contributed by atoms with Gasteiger partial charge in [0.15, 0.2) is 5.79 Å². The minimum atomic E-state index is -0.574. The van der Waals surface area contributed by atoms with Gasteiger partial charge in [-0.3, -0.25) is 4.79 Å². The molecular weight excluding hydrogens is 452 g/mol. The minimum Gasteiger partial charge on any atom is -0.466 e. The van der Waals surface area contributed by atoms with Crippen LogP contribution in [0.1, 0.15) is 85.5 Å². The molecule has 0 N–H and O–H groups in total. The molecule has 0 spiro atoms. The highest BCUT2D eigenvalue weighted by molar-refractivity contribution is 5.69. The van der Waals surface area contributed by atoms with E-state index >= 15 is 0 Å². The van der Waals surface area contributed by atoms with Crippen molar-refractivity contribution < 1.29 is 23.7 Å². The summed E-state index contributed by atoms with van der Waals surface area (Å²) in [6, 6.07) is 0. The highest BCUT2D eigenvalue weighted by Gasteiger charge is 2.62. The summed E-state index contributed by atoms with van der Waals surface area (Å²) in [6.45, 7) is 9.78. The maximum Gasteiger partial charge on any atom is 0.306 e. The second-order valence-electron chi connectivity index (χ2n) is 12.4. The van der Waals surface area contributed by atoms with Crippen LogP contribution in [0.4, 0.5) is 0 Å². The molecule has 8 atom stereocenters. The average Bonchev–Trinajstić information content (AvgIpc) is 3.23. The van der Waals surface area contributed by atoms with E-state index in [0.29, 0.717) is 36.2 Å². The first-order valence-corrected chi connectivity index (χ1v) is 14.3. The maximum atomic E-state index is 11.7. The summed E-state index contributed by atoms with van der Waals surface area (Å²) in [5.74, 6) is 2.72. The number of esters is 1. The predicted octanol–water partition coefficient (Wildman–Crippen LogP) is 6.72. The number of rotatable bonds is 9. The molecule has 0 aromatic heterocycles. The molecular formula is C31H50O5. The van der Waals surface area contributed by atoms with E-state index in [0.717, 1.165) is 31.1 Å². The quantitative estimate of drug-likeness (QED) is 0.199. The second-order valence-corrected chi connectivity index (χ2v) is 12.4. The highest BCUT2D eigenvalue weighted by Crippen LogP contribution is 2.68. The van der Waals surface area contributed by atoms with Crippen LogP contribution in [0, 0.1) is 40.4 Å². The van der Waals surface area contributed by atoms with Crippen molar-refractivity contribution in [2.45, 2.75) is 97.4 Å². The van der Waals surface area contributed by atoms with Crippen molar-refractivity contribution in [3.8, 4) is 0 Å². The summed E-state index contributed by atoms with van der Waals surface area (Å²) in [6.07, 6.45) is 16.5. The molecule has 5 nitrogen and oxygen atoms in total. The van der Waals surface area contributed by atoms with Gasteiger partial charge in [0.2, 0.25) is 0 Å². The first-order chi connectivity index (χ1) is 17.2. The van der Waals surface area contributed by atoms with Crippen molar-refractivity contribution in [3.63, 3.8) is 0 Å². The Hall–Kier alpha value is -1.17. The molecule has 4 aliphatic carbocycles. The Kier molecular flexibility index (Phi) is 8.44. The van der Waals surface area contributed by atoms with Crippen molar-refractivity contribution in [2.24, 2.45) is 40.4 Å². The Bertz CT molecular complexity index is 844. The van der Waals surface area contributed by atoms with E-state index in [-0.39, 0.29) is 17.5 Å². The molecule has 0 aromatic carbocycles. The van der Waals surface area contributed by atoms with E-state index in [1.165, 1.54) is 37.7 Å². The molecule has 0 radical (unpaired) electrons. The van der Waals surface area contributed by atoms with E-state index in [2.05, 4.69) is 39.0 Å². The number of carbonyl (C=O) groups is 1. The average molecular weight is 503 g/mol. The number of hydrogen-bond acceptors (Lipinski definition) is 5.